The lowest BCUT2D eigenvalue weighted by Crippen LogP contribution is -2.08. The Hall–Kier alpha value is -0.590. The molecule has 1 aromatic carbocycles. The lowest BCUT2D eigenvalue weighted by Gasteiger charge is -2.05. The Morgan fingerprint density at radius 1 is 1.41 bits per heavy atom. The smallest absolute Gasteiger partial charge is 0.147 e. The van der Waals surface area contributed by atoms with E-state index in [9.17, 15) is 12.6 Å². The Balaban J connectivity index is 2.65. The van der Waals surface area contributed by atoms with Crippen molar-refractivity contribution in [3.8, 4) is 0 Å². The highest BCUT2D eigenvalue weighted by Crippen LogP contribution is 2.21. The molecule has 0 heterocycles. The Morgan fingerprint density at radius 3 is 2.59 bits per heavy atom. The van der Waals surface area contributed by atoms with E-state index >= 15 is 0 Å². The Labute approximate surface area is 109 Å². The van der Waals surface area contributed by atoms with Gasteiger partial charge in [-0.25, -0.2) is 8.42 Å². The summed E-state index contributed by atoms with van der Waals surface area (Å²) in [6.07, 6.45) is 1.51. The van der Waals surface area contributed by atoms with Crippen molar-refractivity contribution in [3.05, 3.63) is 23.2 Å². The molecule has 0 aliphatic heterocycles. The number of hydrogen-bond donors (Lipinski definition) is 1. The summed E-state index contributed by atoms with van der Waals surface area (Å²) < 4.78 is 33.7. The van der Waals surface area contributed by atoms with Crippen molar-refractivity contribution < 1.29 is 12.6 Å². The van der Waals surface area contributed by atoms with E-state index in [0.717, 1.165) is 6.26 Å². The first-order valence-electron chi connectivity index (χ1n) is 4.91. The SMILES string of the molecule is CS(=O)(=O)CCCS(=O)c1ccc(Cl)cc1N. The van der Waals surface area contributed by atoms with Crippen molar-refractivity contribution in [2.45, 2.75) is 11.3 Å². The van der Waals surface area contributed by atoms with E-state index in [0.29, 0.717) is 22.0 Å². The first-order chi connectivity index (χ1) is 7.79. The minimum atomic E-state index is -3.01. The number of benzene rings is 1. The molecule has 1 atom stereocenters. The lowest BCUT2D eigenvalue weighted by atomic mass is 10.3. The van der Waals surface area contributed by atoms with Crippen molar-refractivity contribution >= 4 is 37.9 Å². The molecule has 1 aromatic rings. The third kappa shape index (κ3) is 5.06. The molecule has 0 aliphatic rings. The van der Waals surface area contributed by atoms with Gasteiger partial charge in [0.2, 0.25) is 0 Å². The highest BCUT2D eigenvalue weighted by Gasteiger charge is 2.10. The van der Waals surface area contributed by atoms with Gasteiger partial charge in [-0.1, -0.05) is 11.6 Å². The monoisotopic (exact) mass is 295 g/mol. The van der Waals surface area contributed by atoms with E-state index in [2.05, 4.69) is 0 Å². The molecule has 0 saturated heterocycles. The van der Waals surface area contributed by atoms with Gasteiger partial charge in [0.15, 0.2) is 0 Å². The molecule has 0 fully saturated rings. The fourth-order valence-electron chi connectivity index (χ4n) is 1.29. The Morgan fingerprint density at radius 2 is 2.06 bits per heavy atom. The molecule has 0 saturated carbocycles. The van der Waals surface area contributed by atoms with Crippen LogP contribution in [0.5, 0.6) is 0 Å². The zero-order valence-electron chi connectivity index (χ0n) is 9.35. The molecule has 1 rings (SSSR count). The molecule has 0 aromatic heterocycles. The van der Waals surface area contributed by atoms with Crippen LogP contribution in [0.2, 0.25) is 5.02 Å². The molecule has 96 valence electrons. The zero-order valence-corrected chi connectivity index (χ0v) is 11.7. The van der Waals surface area contributed by atoms with Crippen LogP contribution in [-0.4, -0.2) is 30.4 Å². The highest BCUT2D eigenvalue weighted by atomic mass is 35.5. The third-order valence-corrected chi connectivity index (χ3v) is 4.85. The minimum absolute atomic E-state index is 0.0340. The van der Waals surface area contributed by atoms with Crippen LogP contribution in [0.1, 0.15) is 6.42 Å². The molecule has 0 radical (unpaired) electrons. The van der Waals surface area contributed by atoms with Gasteiger partial charge in [-0.15, -0.1) is 0 Å². The third-order valence-electron chi connectivity index (χ3n) is 2.06. The van der Waals surface area contributed by atoms with Crippen molar-refractivity contribution in [2.75, 3.05) is 23.5 Å². The van der Waals surface area contributed by atoms with Crippen LogP contribution < -0.4 is 5.73 Å². The molecular weight excluding hydrogens is 282 g/mol. The van der Waals surface area contributed by atoms with Gasteiger partial charge in [0, 0.05) is 22.7 Å². The van der Waals surface area contributed by atoms with E-state index in [4.69, 9.17) is 17.3 Å². The average molecular weight is 296 g/mol. The molecule has 0 aliphatic carbocycles. The fraction of sp³-hybridized carbons (Fsp3) is 0.400. The molecule has 0 bridgehead atoms. The number of hydrogen-bond acceptors (Lipinski definition) is 4. The van der Waals surface area contributed by atoms with E-state index in [1.165, 1.54) is 6.07 Å². The molecule has 4 nitrogen and oxygen atoms in total. The summed E-state index contributed by atoms with van der Waals surface area (Å²) in [6.45, 7) is 0. The molecule has 2 N–H and O–H groups in total. The van der Waals surface area contributed by atoms with Gasteiger partial charge >= 0.3 is 0 Å². The van der Waals surface area contributed by atoms with Gasteiger partial charge in [-0.3, -0.25) is 4.21 Å². The highest BCUT2D eigenvalue weighted by molar-refractivity contribution is 7.90. The second-order valence-corrected chi connectivity index (χ2v) is 7.95. The molecule has 0 spiro atoms. The van der Waals surface area contributed by atoms with Crippen LogP contribution >= 0.6 is 11.6 Å². The molecule has 0 amide bonds. The summed E-state index contributed by atoms with van der Waals surface area (Å²) in [6, 6.07) is 4.75. The van der Waals surface area contributed by atoms with Crippen LogP contribution in [0.15, 0.2) is 23.1 Å². The van der Waals surface area contributed by atoms with Gasteiger partial charge in [0.05, 0.1) is 21.4 Å². The number of nitrogen functional groups attached to an aromatic ring is 1. The van der Waals surface area contributed by atoms with Crippen LogP contribution in [0.4, 0.5) is 5.69 Å². The van der Waals surface area contributed by atoms with Gasteiger partial charge < -0.3 is 5.73 Å². The van der Waals surface area contributed by atoms with E-state index in [1.54, 1.807) is 12.1 Å². The quantitative estimate of drug-likeness (QED) is 0.834. The van der Waals surface area contributed by atoms with E-state index in [1.807, 2.05) is 0 Å². The Kier molecular flexibility index (Phi) is 4.97. The summed E-state index contributed by atoms with van der Waals surface area (Å²) in [5.74, 6) is 0.311. The number of rotatable bonds is 5. The van der Waals surface area contributed by atoms with E-state index in [-0.39, 0.29) is 11.5 Å². The largest absolute Gasteiger partial charge is 0.398 e. The van der Waals surface area contributed by atoms with Crippen molar-refractivity contribution in [1.29, 1.82) is 0 Å². The second-order valence-electron chi connectivity index (χ2n) is 3.72. The van der Waals surface area contributed by atoms with Gasteiger partial charge in [-0.2, -0.15) is 0 Å². The fourth-order valence-corrected chi connectivity index (χ4v) is 3.49. The Bertz CT molecular complexity index is 528. The second kappa shape index (κ2) is 5.84. The van der Waals surface area contributed by atoms with Crippen molar-refractivity contribution in [3.63, 3.8) is 0 Å². The summed E-state index contributed by atoms with van der Waals surface area (Å²) in [4.78, 5) is 0.503. The number of nitrogens with two attached hydrogens (primary N) is 1. The average Bonchev–Trinajstić information content (AvgIpc) is 2.15. The normalized spacial score (nSPS) is 13.5. The number of halogens is 1. The first kappa shape index (κ1) is 14.5. The van der Waals surface area contributed by atoms with E-state index < -0.39 is 20.6 Å². The van der Waals surface area contributed by atoms with Crippen LogP contribution in [0.25, 0.3) is 0 Å². The maximum atomic E-state index is 11.9. The van der Waals surface area contributed by atoms with Gasteiger partial charge in [0.1, 0.15) is 9.84 Å². The summed E-state index contributed by atoms with van der Waals surface area (Å²) in [7, 11) is -4.29. The predicted molar refractivity (Wildman–Crippen MR) is 71.5 cm³/mol. The molecule has 17 heavy (non-hydrogen) atoms. The maximum absolute atomic E-state index is 11.9. The maximum Gasteiger partial charge on any atom is 0.147 e. The van der Waals surface area contributed by atoms with Crippen LogP contribution in [0, 0.1) is 0 Å². The lowest BCUT2D eigenvalue weighted by molar-refractivity contribution is 0.600. The molecule has 1 unspecified atom stereocenters. The first-order valence-corrected chi connectivity index (χ1v) is 8.66. The molecule has 7 heteroatoms. The van der Waals surface area contributed by atoms with Gasteiger partial charge in [0.25, 0.3) is 0 Å². The number of anilines is 1. The molecular formula is C10H14ClNO3S2. The number of sulfone groups is 1. The summed E-state index contributed by atoms with van der Waals surface area (Å²) in [5.41, 5.74) is 6.05. The van der Waals surface area contributed by atoms with Gasteiger partial charge in [-0.05, 0) is 24.6 Å². The van der Waals surface area contributed by atoms with Crippen molar-refractivity contribution in [2.24, 2.45) is 0 Å². The summed E-state index contributed by atoms with van der Waals surface area (Å²) in [5, 5.41) is 0.486. The minimum Gasteiger partial charge on any atom is -0.398 e. The standard InChI is InChI=1S/C10H14ClNO3S2/c1-17(14,15)6-2-5-16(13)10-4-3-8(11)7-9(10)12/h3-4,7H,2,5-6,12H2,1H3. The van der Waals surface area contributed by atoms with Crippen LogP contribution in [0.3, 0.4) is 0 Å². The zero-order chi connectivity index (χ0) is 13.1. The van der Waals surface area contributed by atoms with Crippen LogP contribution in [-0.2, 0) is 20.6 Å². The summed E-state index contributed by atoms with van der Waals surface area (Å²) >= 11 is 5.73. The predicted octanol–water partition coefficient (Wildman–Crippen LogP) is 1.46. The van der Waals surface area contributed by atoms with Crippen molar-refractivity contribution in [1.82, 2.24) is 0 Å². The topological polar surface area (TPSA) is 77.2 Å².